The monoisotopic (exact) mass is 369 g/mol. The summed E-state index contributed by atoms with van der Waals surface area (Å²) in [5, 5.41) is 10.1. The molecule has 2 rings (SSSR count). The number of benzene rings is 1. The summed E-state index contributed by atoms with van der Waals surface area (Å²) in [5.41, 5.74) is 0.490. The van der Waals surface area contributed by atoms with Gasteiger partial charge < -0.3 is 19.5 Å². The highest BCUT2D eigenvalue weighted by Crippen LogP contribution is 2.43. The number of likely N-dealkylation sites (tertiary alicyclic amines) is 1. The number of nitrogens with zero attached hydrogens (tertiary/aromatic N) is 1. The molecule has 2 unspecified atom stereocenters. The summed E-state index contributed by atoms with van der Waals surface area (Å²) in [7, 11) is 3.42. The third-order valence-corrected chi connectivity index (χ3v) is 5.41. The fourth-order valence-corrected chi connectivity index (χ4v) is 4.08. The van der Waals surface area contributed by atoms with E-state index in [2.05, 4.69) is 0 Å². The van der Waals surface area contributed by atoms with Crippen LogP contribution in [0.1, 0.15) is 37.7 Å². The summed E-state index contributed by atoms with van der Waals surface area (Å²) in [6.45, 7) is 1.78. The first-order chi connectivity index (χ1) is 12.0. The van der Waals surface area contributed by atoms with Crippen LogP contribution in [0, 0.1) is 5.92 Å². The van der Waals surface area contributed by atoms with E-state index in [4.69, 9.17) is 21.1 Å². The van der Waals surface area contributed by atoms with Crippen LogP contribution < -0.4 is 0 Å². The van der Waals surface area contributed by atoms with Crippen molar-refractivity contribution in [3.63, 3.8) is 0 Å². The molecule has 0 aromatic heterocycles. The van der Waals surface area contributed by atoms with Crippen LogP contribution in [0.5, 0.6) is 0 Å². The predicted molar refractivity (Wildman–Crippen MR) is 98.2 cm³/mol. The van der Waals surface area contributed by atoms with Crippen molar-refractivity contribution in [2.24, 2.45) is 5.92 Å². The van der Waals surface area contributed by atoms with Gasteiger partial charge in [0, 0.05) is 44.9 Å². The Morgan fingerprint density at radius 2 is 2.20 bits per heavy atom. The van der Waals surface area contributed by atoms with E-state index in [0.29, 0.717) is 24.7 Å². The van der Waals surface area contributed by atoms with Gasteiger partial charge in [0.25, 0.3) is 0 Å². The van der Waals surface area contributed by atoms with Crippen LogP contribution in [0.15, 0.2) is 24.3 Å². The molecule has 6 heteroatoms. The molecule has 140 valence electrons. The maximum atomic E-state index is 11.5. The topological polar surface area (TPSA) is 59.0 Å². The van der Waals surface area contributed by atoms with E-state index >= 15 is 0 Å². The van der Waals surface area contributed by atoms with Crippen LogP contribution in [0.2, 0.25) is 5.02 Å². The second-order valence-electron chi connectivity index (χ2n) is 6.62. The number of rotatable bonds is 8. The molecule has 0 bridgehead atoms. The first kappa shape index (κ1) is 20.0. The van der Waals surface area contributed by atoms with E-state index in [9.17, 15) is 9.90 Å². The smallest absolute Gasteiger partial charge is 0.407 e. The standard InChI is InChI=1S/C19H28ClNO4/c1-24-12-4-3-10-19(25-2,15-7-5-9-17(20)13-15)16-8-6-11-21(14-16)18(22)23/h5,7,9,13,16H,3-4,6,8,10-12,14H2,1-2H3,(H,22,23). The Bertz CT molecular complexity index is 568. The van der Waals surface area contributed by atoms with Crippen LogP contribution in [-0.2, 0) is 15.1 Å². The third kappa shape index (κ3) is 4.87. The molecule has 1 amide bonds. The van der Waals surface area contributed by atoms with Gasteiger partial charge in [0.2, 0.25) is 0 Å². The Morgan fingerprint density at radius 3 is 2.84 bits per heavy atom. The van der Waals surface area contributed by atoms with Crippen molar-refractivity contribution in [1.29, 1.82) is 0 Å². The number of hydrogen-bond donors (Lipinski definition) is 1. The maximum absolute atomic E-state index is 11.5. The lowest BCUT2D eigenvalue weighted by Crippen LogP contribution is -2.48. The summed E-state index contributed by atoms with van der Waals surface area (Å²) in [6, 6.07) is 7.76. The lowest BCUT2D eigenvalue weighted by Gasteiger charge is -2.44. The van der Waals surface area contributed by atoms with Gasteiger partial charge in [-0.3, -0.25) is 0 Å². The number of amides is 1. The first-order valence-corrected chi connectivity index (χ1v) is 9.19. The average Bonchev–Trinajstić information content (AvgIpc) is 2.62. The lowest BCUT2D eigenvalue weighted by molar-refractivity contribution is -0.0909. The van der Waals surface area contributed by atoms with Gasteiger partial charge in [-0.2, -0.15) is 0 Å². The summed E-state index contributed by atoms with van der Waals surface area (Å²) in [5.74, 6) is 0.100. The summed E-state index contributed by atoms with van der Waals surface area (Å²) < 4.78 is 11.3. The van der Waals surface area contributed by atoms with Crippen molar-refractivity contribution in [3.8, 4) is 0 Å². The fourth-order valence-electron chi connectivity index (χ4n) is 3.89. The summed E-state index contributed by atoms with van der Waals surface area (Å²) in [6.07, 6.45) is 3.62. The van der Waals surface area contributed by atoms with Crippen LogP contribution in [-0.4, -0.2) is 50.0 Å². The summed E-state index contributed by atoms with van der Waals surface area (Å²) in [4.78, 5) is 13.0. The second kappa shape index (κ2) is 9.41. The molecular weight excluding hydrogens is 342 g/mol. The van der Waals surface area contributed by atoms with E-state index < -0.39 is 11.7 Å². The quantitative estimate of drug-likeness (QED) is 0.690. The minimum absolute atomic E-state index is 0.100. The van der Waals surface area contributed by atoms with Crippen molar-refractivity contribution in [2.45, 2.75) is 37.7 Å². The largest absolute Gasteiger partial charge is 0.465 e. The van der Waals surface area contributed by atoms with E-state index in [1.165, 1.54) is 4.90 Å². The van der Waals surface area contributed by atoms with Gasteiger partial charge in [-0.15, -0.1) is 0 Å². The minimum atomic E-state index is -0.861. The fraction of sp³-hybridized carbons (Fsp3) is 0.632. The zero-order chi connectivity index (χ0) is 18.3. The number of piperidine rings is 1. The molecule has 0 aliphatic carbocycles. The molecule has 2 atom stereocenters. The highest BCUT2D eigenvalue weighted by molar-refractivity contribution is 6.30. The highest BCUT2D eigenvalue weighted by atomic mass is 35.5. The Hall–Kier alpha value is -1.30. The van der Waals surface area contributed by atoms with Gasteiger partial charge in [0.15, 0.2) is 0 Å². The zero-order valence-corrected chi connectivity index (χ0v) is 15.8. The highest BCUT2D eigenvalue weighted by Gasteiger charge is 2.43. The van der Waals surface area contributed by atoms with Gasteiger partial charge in [0.05, 0.1) is 5.60 Å². The van der Waals surface area contributed by atoms with Crippen LogP contribution in [0.25, 0.3) is 0 Å². The zero-order valence-electron chi connectivity index (χ0n) is 15.0. The average molecular weight is 370 g/mol. The van der Waals surface area contributed by atoms with Gasteiger partial charge >= 0.3 is 6.09 Å². The van der Waals surface area contributed by atoms with Crippen molar-refractivity contribution >= 4 is 17.7 Å². The molecule has 1 N–H and O–H groups in total. The number of unbranched alkanes of at least 4 members (excludes halogenated alkanes) is 1. The van der Waals surface area contributed by atoms with Crippen LogP contribution >= 0.6 is 11.6 Å². The minimum Gasteiger partial charge on any atom is -0.465 e. The molecule has 1 heterocycles. The predicted octanol–water partition coefficient (Wildman–Crippen LogP) is 4.39. The van der Waals surface area contributed by atoms with Crippen molar-refractivity contribution in [1.82, 2.24) is 4.90 Å². The molecule has 1 aliphatic heterocycles. The van der Waals surface area contributed by atoms with Crippen molar-refractivity contribution in [3.05, 3.63) is 34.9 Å². The van der Waals surface area contributed by atoms with E-state index in [0.717, 1.165) is 37.7 Å². The molecule has 25 heavy (non-hydrogen) atoms. The van der Waals surface area contributed by atoms with Crippen LogP contribution in [0.3, 0.4) is 0 Å². The first-order valence-electron chi connectivity index (χ1n) is 8.81. The number of carbonyl (C=O) groups is 1. The Labute approximate surface area is 154 Å². The molecule has 5 nitrogen and oxygen atoms in total. The molecule has 1 aromatic carbocycles. The van der Waals surface area contributed by atoms with Gasteiger partial charge in [-0.05, 0) is 49.8 Å². The van der Waals surface area contributed by atoms with E-state index in [-0.39, 0.29) is 5.92 Å². The Morgan fingerprint density at radius 1 is 1.40 bits per heavy atom. The molecule has 0 saturated carbocycles. The van der Waals surface area contributed by atoms with Crippen molar-refractivity contribution in [2.75, 3.05) is 33.9 Å². The van der Waals surface area contributed by atoms with Gasteiger partial charge in [0.1, 0.15) is 0 Å². The number of ether oxygens (including phenoxy) is 2. The van der Waals surface area contributed by atoms with Gasteiger partial charge in [-0.25, -0.2) is 4.79 Å². The summed E-state index contributed by atoms with van der Waals surface area (Å²) >= 11 is 6.23. The van der Waals surface area contributed by atoms with Crippen LogP contribution in [0.4, 0.5) is 4.79 Å². The molecule has 1 aliphatic rings. The number of carboxylic acid groups (broad SMARTS) is 1. The molecular formula is C19H28ClNO4. The maximum Gasteiger partial charge on any atom is 0.407 e. The molecule has 1 saturated heterocycles. The third-order valence-electron chi connectivity index (χ3n) is 5.18. The molecule has 1 fully saturated rings. The lowest BCUT2D eigenvalue weighted by atomic mass is 9.74. The SMILES string of the molecule is COCCCCC(OC)(c1cccc(Cl)c1)C1CCCN(C(=O)O)C1. The molecule has 1 aromatic rings. The molecule has 0 radical (unpaired) electrons. The normalized spacial score (nSPS) is 20.3. The van der Waals surface area contributed by atoms with E-state index in [1.54, 1.807) is 14.2 Å². The number of methoxy groups -OCH3 is 2. The van der Waals surface area contributed by atoms with E-state index in [1.807, 2.05) is 24.3 Å². The number of halogens is 1. The van der Waals surface area contributed by atoms with Gasteiger partial charge in [-0.1, -0.05) is 23.7 Å². The number of hydrogen-bond acceptors (Lipinski definition) is 3. The molecule has 0 spiro atoms. The second-order valence-corrected chi connectivity index (χ2v) is 7.06. The Kier molecular flexibility index (Phi) is 7.54. The Balaban J connectivity index is 2.30. The van der Waals surface area contributed by atoms with Crippen molar-refractivity contribution < 1.29 is 19.4 Å².